The number of nitrogens with one attached hydrogen (secondary N) is 1. The number of rotatable bonds is 1. The summed E-state index contributed by atoms with van der Waals surface area (Å²) in [6.45, 7) is 0.807. The van der Waals surface area contributed by atoms with Gasteiger partial charge in [0.25, 0.3) is 0 Å². The van der Waals surface area contributed by atoms with Gasteiger partial charge in [-0.15, -0.1) is 0 Å². The number of carboxylic acids is 1. The summed E-state index contributed by atoms with van der Waals surface area (Å²) < 4.78 is 0. The van der Waals surface area contributed by atoms with E-state index in [1.54, 1.807) is 0 Å². The Morgan fingerprint density at radius 2 is 2.00 bits per heavy atom. The first-order chi connectivity index (χ1) is 8.23. The first kappa shape index (κ1) is 10.8. The van der Waals surface area contributed by atoms with Crippen molar-refractivity contribution in [2.45, 2.75) is 37.1 Å². The molecule has 3 rings (SSSR count). The zero-order chi connectivity index (χ0) is 11.9. The molecule has 0 bridgehead atoms. The van der Waals surface area contributed by atoms with Crippen LogP contribution in [-0.2, 0) is 10.2 Å². The van der Waals surface area contributed by atoms with E-state index < -0.39 is 12.0 Å². The molecule has 1 fully saturated rings. The van der Waals surface area contributed by atoms with Crippen molar-refractivity contribution in [3.05, 3.63) is 35.4 Å². The fourth-order valence-electron chi connectivity index (χ4n) is 3.45. The Morgan fingerprint density at radius 3 is 2.71 bits per heavy atom. The molecule has 1 aromatic rings. The molecule has 0 saturated heterocycles. The molecule has 3 heteroatoms. The molecule has 0 radical (unpaired) electrons. The lowest BCUT2D eigenvalue weighted by Crippen LogP contribution is -2.46. The van der Waals surface area contributed by atoms with Gasteiger partial charge in [0.1, 0.15) is 6.04 Å². The van der Waals surface area contributed by atoms with Gasteiger partial charge in [0.05, 0.1) is 0 Å². The molecule has 1 aliphatic heterocycles. The van der Waals surface area contributed by atoms with Gasteiger partial charge >= 0.3 is 5.97 Å². The van der Waals surface area contributed by atoms with Crippen LogP contribution < -0.4 is 5.32 Å². The first-order valence-corrected chi connectivity index (χ1v) is 6.29. The van der Waals surface area contributed by atoms with E-state index in [9.17, 15) is 9.90 Å². The topological polar surface area (TPSA) is 49.3 Å². The predicted octanol–water partition coefficient (Wildman–Crippen LogP) is 2.23. The molecule has 1 spiro atoms. The predicted molar refractivity (Wildman–Crippen MR) is 65.0 cm³/mol. The molecule has 2 N–H and O–H groups in total. The molecule has 1 atom stereocenters. The van der Waals surface area contributed by atoms with E-state index >= 15 is 0 Å². The van der Waals surface area contributed by atoms with Crippen LogP contribution in [0.3, 0.4) is 0 Å². The average molecular weight is 231 g/mol. The van der Waals surface area contributed by atoms with Gasteiger partial charge < -0.3 is 5.11 Å². The minimum Gasteiger partial charge on any atom is -0.480 e. The van der Waals surface area contributed by atoms with Crippen molar-refractivity contribution >= 4 is 5.97 Å². The van der Waals surface area contributed by atoms with E-state index in [1.807, 2.05) is 18.2 Å². The van der Waals surface area contributed by atoms with Gasteiger partial charge in [-0.25, -0.2) is 0 Å². The van der Waals surface area contributed by atoms with Crippen LogP contribution in [0.25, 0.3) is 0 Å². The highest BCUT2D eigenvalue weighted by Crippen LogP contribution is 2.45. The smallest absolute Gasteiger partial charge is 0.325 e. The van der Waals surface area contributed by atoms with E-state index in [0.717, 1.165) is 12.1 Å². The third kappa shape index (κ3) is 1.57. The van der Waals surface area contributed by atoms with E-state index in [1.165, 1.54) is 31.2 Å². The second-order valence-electron chi connectivity index (χ2n) is 5.23. The lowest BCUT2D eigenvalue weighted by molar-refractivity contribution is -0.140. The summed E-state index contributed by atoms with van der Waals surface area (Å²) in [6.07, 6.45) is 4.88. The monoisotopic (exact) mass is 231 g/mol. The Balaban J connectivity index is 2.10. The van der Waals surface area contributed by atoms with Crippen LogP contribution >= 0.6 is 0 Å². The molecule has 1 unspecified atom stereocenters. The lowest BCUT2D eigenvalue weighted by atomic mass is 9.72. The second-order valence-corrected chi connectivity index (χ2v) is 5.23. The van der Waals surface area contributed by atoms with Crippen molar-refractivity contribution < 1.29 is 9.90 Å². The maximum Gasteiger partial charge on any atom is 0.325 e. The molecule has 1 saturated carbocycles. The third-order valence-corrected chi connectivity index (χ3v) is 4.30. The SMILES string of the molecule is O=C(O)C1NCC2(CCCC2)c2ccccc21. The molecule has 3 nitrogen and oxygen atoms in total. The van der Waals surface area contributed by atoms with Crippen molar-refractivity contribution in [2.24, 2.45) is 0 Å². The average Bonchev–Trinajstić information content (AvgIpc) is 2.79. The Kier molecular flexibility index (Phi) is 2.44. The minimum atomic E-state index is -0.773. The molecule has 1 aromatic carbocycles. The standard InChI is InChI=1S/C14H17NO2/c16-13(17)12-10-5-1-2-6-11(10)14(9-15-12)7-3-4-8-14/h1-2,5-6,12,15H,3-4,7-9H2,(H,16,17). The number of benzene rings is 1. The molecule has 1 aliphatic carbocycles. The summed E-state index contributed by atoms with van der Waals surface area (Å²) in [7, 11) is 0. The Labute approximate surface area is 101 Å². The molecule has 0 amide bonds. The molecule has 2 aliphatic rings. The Bertz CT molecular complexity index is 449. The van der Waals surface area contributed by atoms with Gasteiger partial charge in [0.15, 0.2) is 0 Å². The van der Waals surface area contributed by atoms with Crippen molar-refractivity contribution in [2.75, 3.05) is 6.54 Å². The fraction of sp³-hybridized carbons (Fsp3) is 0.500. The number of hydrogen-bond donors (Lipinski definition) is 2. The van der Waals surface area contributed by atoms with Crippen molar-refractivity contribution in [3.63, 3.8) is 0 Å². The van der Waals surface area contributed by atoms with Gasteiger partial charge in [0.2, 0.25) is 0 Å². The molecule has 1 heterocycles. The highest BCUT2D eigenvalue weighted by molar-refractivity contribution is 5.77. The Hall–Kier alpha value is -1.35. The number of carbonyl (C=O) groups is 1. The van der Waals surface area contributed by atoms with Gasteiger partial charge in [-0.05, 0) is 24.0 Å². The quantitative estimate of drug-likeness (QED) is 0.779. The van der Waals surface area contributed by atoms with Crippen LogP contribution in [0.4, 0.5) is 0 Å². The zero-order valence-electron chi connectivity index (χ0n) is 9.78. The zero-order valence-corrected chi connectivity index (χ0v) is 9.78. The van der Waals surface area contributed by atoms with Gasteiger partial charge in [0, 0.05) is 12.0 Å². The highest BCUT2D eigenvalue weighted by Gasteiger charge is 2.42. The number of carboxylic acid groups (broad SMARTS) is 1. The van der Waals surface area contributed by atoms with Crippen molar-refractivity contribution in [3.8, 4) is 0 Å². The van der Waals surface area contributed by atoms with Crippen molar-refractivity contribution in [1.29, 1.82) is 0 Å². The minimum absolute atomic E-state index is 0.197. The van der Waals surface area contributed by atoms with Crippen LogP contribution in [0, 0.1) is 0 Å². The summed E-state index contributed by atoms with van der Waals surface area (Å²) in [5.74, 6) is -0.773. The fourth-order valence-corrected chi connectivity index (χ4v) is 3.45. The highest BCUT2D eigenvalue weighted by atomic mass is 16.4. The number of fused-ring (bicyclic) bond motifs is 2. The normalized spacial score (nSPS) is 25.8. The van der Waals surface area contributed by atoms with Gasteiger partial charge in [-0.3, -0.25) is 10.1 Å². The number of hydrogen-bond acceptors (Lipinski definition) is 2. The molecule has 0 aromatic heterocycles. The maximum absolute atomic E-state index is 11.3. The van der Waals surface area contributed by atoms with E-state index in [-0.39, 0.29) is 5.41 Å². The summed E-state index contributed by atoms with van der Waals surface area (Å²) in [4.78, 5) is 11.3. The van der Waals surface area contributed by atoms with Gasteiger partial charge in [-0.2, -0.15) is 0 Å². The summed E-state index contributed by atoms with van der Waals surface area (Å²) >= 11 is 0. The lowest BCUT2D eigenvalue weighted by Gasteiger charge is -2.39. The van der Waals surface area contributed by atoms with Crippen LogP contribution in [0.5, 0.6) is 0 Å². The first-order valence-electron chi connectivity index (χ1n) is 6.29. The van der Waals surface area contributed by atoms with Crippen LogP contribution in [0.1, 0.15) is 42.9 Å². The van der Waals surface area contributed by atoms with Crippen LogP contribution in [0.2, 0.25) is 0 Å². The largest absolute Gasteiger partial charge is 0.480 e. The number of aliphatic carboxylic acids is 1. The van der Waals surface area contributed by atoms with E-state index in [0.29, 0.717) is 0 Å². The summed E-state index contributed by atoms with van der Waals surface area (Å²) in [5.41, 5.74) is 2.43. The summed E-state index contributed by atoms with van der Waals surface area (Å²) in [6, 6.07) is 7.52. The maximum atomic E-state index is 11.3. The summed E-state index contributed by atoms with van der Waals surface area (Å²) in [5, 5.41) is 12.5. The van der Waals surface area contributed by atoms with Crippen LogP contribution in [0.15, 0.2) is 24.3 Å². The van der Waals surface area contributed by atoms with Crippen LogP contribution in [-0.4, -0.2) is 17.6 Å². The second kappa shape index (κ2) is 3.84. The van der Waals surface area contributed by atoms with Gasteiger partial charge in [-0.1, -0.05) is 37.1 Å². The Morgan fingerprint density at radius 1 is 1.29 bits per heavy atom. The van der Waals surface area contributed by atoms with E-state index in [4.69, 9.17) is 0 Å². The molecule has 17 heavy (non-hydrogen) atoms. The third-order valence-electron chi connectivity index (χ3n) is 4.30. The molecular formula is C14H17NO2. The van der Waals surface area contributed by atoms with Crippen molar-refractivity contribution in [1.82, 2.24) is 5.32 Å². The molecule has 90 valence electrons. The van der Waals surface area contributed by atoms with E-state index in [2.05, 4.69) is 11.4 Å². The molecular weight excluding hydrogens is 214 g/mol.